The maximum absolute atomic E-state index is 5.72. The molecule has 2 nitrogen and oxygen atoms in total. The number of nitrogens with zero attached hydrogens (tertiary/aromatic N) is 2. The summed E-state index contributed by atoms with van der Waals surface area (Å²) in [5.74, 6) is 0. The lowest BCUT2D eigenvalue weighted by molar-refractivity contribution is 1.24. The summed E-state index contributed by atoms with van der Waals surface area (Å²) in [4.78, 5) is 8.27. The Kier molecular flexibility index (Phi) is 1.70. The van der Waals surface area contributed by atoms with Gasteiger partial charge in [0.05, 0.1) is 5.52 Å². The first kappa shape index (κ1) is 7.50. The van der Waals surface area contributed by atoms with Crippen LogP contribution in [-0.2, 0) is 0 Å². The molecule has 60 valence electrons. The van der Waals surface area contributed by atoms with Crippen molar-refractivity contribution in [3.8, 4) is 0 Å². The number of halogens is 1. The zero-order valence-electron chi connectivity index (χ0n) is 6.58. The molecule has 0 unspecified atom stereocenters. The van der Waals surface area contributed by atoms with Gasteiger partial charge < -0.3 is 0 Å². The van der Waals surface area contributed by atoms with Gasteiger partial charge in [0, 0.05) is 23.3 Å². The highest BCUT2D eigenvalue weighted by Gasteiger charge is 1.96. The monoisotopic (exact) mass is 178 g/mol. The molecule has 0 N–H and O–H groups in total. The lowest BCUT2D eigenvalue weighted by Crippen LogP contribution is -1.84. The van der Waals surface area contributed by atoms with E-state index in [0.29, 0.717) is 5.15 Å². The van der Waals surface area contributed by atoms with Gasteiger partial charge in [0.25, 0.3) is 0 Å². The normalized spacial score (nSPS) is 10.5. The van der Waals surface area contributed by atoms with E-state index >= 15 is 0 Å². The number of aromatic nitrogens is 2. The minimum absolute atomic E-state index is 0.487. The van der Waals surface area contributed by atoms with Crippen molar-refractivity contribution in [2.24, 2.45) is 0 Å². The van der Waals surface area contributed by atoms with Crippen molar-refractivity contribution < 1.29 is 0 Å². The first-order chi connectivity index (χ1) is 5.75. The number of fused-ring (bicyclic) bond motifs is 1. The average Bonchev–Trinajstić information content (AvgIpc) is 2.03. The van der Waals surface area contributed by atoms with Crippen LogP contribution in [0.2, 0.25) is 5.15 Å². The summed E-state index contributed by atoms with van der Waals surface area (Å²) in [5, 5.41) is 1.51. The predicted molar refractivity (Wildman–Crippen MR) is 49.3 cm³/mol. The Balaban J connectivity index is 2.80. The molecule has 0 amide bonds. The van der Waals surface area contributed by atoms with Crippen LogP contribution in [0, 0.1) is 6.92 Å². The van der Waals surface area contributed by atoms with Crippen molar-refractivity contribution in [2.45, 2.75) is 6.92 Å². The van der Waals surface area contributed by atoms with Gasteiger partial charge in [0.1, 0.15) is 5.15 Å². The highest BCUT2D eigenvalue weighted by Crippen LogP contribution is 2.14. The van der Waals surface area contributed by atoms with Crippen molar-refractivity contribution in [3.63, 3.8) is 0 Å². The van der Waals surface area contributed by atoms with Crippen LogP contribution in [0.1, 0.15) is 5.69 Å². The van der Waals surface area contributed by atoms with E-state index in [1.54, 1.807) is 12.3 Å². The van der Waals surface area contributed by atoms with Crippen LogP contribution in [0.25, 0.3) is 10.9 Å². The third kappa shape index (κ3) is 1.25. The van der Waals surface area contributed by atoms with Crippen LogP contribution in [-0.4, -0.2) is 9.97 Å². The first-order valence-electron chi connectivity index (χ1n) is 3.64. The fourth-order valence-electron chi connectivity index (χ4n) is 1.09. The average molecular weight is 179 g/mol. The summed E-state index contributed by atoms with van der Waals surface area (Å²) in [6.07, 6.45) is 1.73. The molecule has 2 aromatic rings. The van der Waals surface area contributed by atoms with Gasteiger partial charge in [-0.05, 0) is 19.1 Å². The fourth-order valence-corrected chi connectivity index (χ4v) is 1.25. The molecule has 0 saturated heterocycles. The molecule has 12 heavy (non-hydrogen) atoms. The van der Waals surface area contributed by atoms with E-state index in [1.807, 2.05) is 19.1 Å². The number of pyridine rings is 2. The second kappa shape index (κ2) is 2.72. The van der Waals surface area contributed by atoms with Crippen LogP contribution in [0.15, 0.2) is 24.4 Å². The molecule has 2 heterocycles. The third-order valence-electron chi connectivity index (χ3n) is 1.68. The Hall–Kier alpha value is -1.15. The van der Waals surface area contributed by atoms with E-state index in [1.165, 1.54) is 0 Å². The zero-order valence-corrected chi connectivity index (χ0v) is 7.34. The SMILES string of the molecule is Cc1ccc2cnc(Cl)cc2n1. The van der Waals surface area contributed by atoms with Gasteiger partial charge in [0.15, 0.2) is 0 Å². The smallest absolute Gasteiger partial charge is 0.131 e. The van der Waals surface area contributed by atoms with Crippen LogP contribution >= 0.6 is 11.6 Å². The Morgan fingerprint density at radius 1 is 1.33 bits per heavy atom. The molecule has 0 aliphatic rings. The van der Waals surface area contributed by atoms with Crippen LogP contribution in [0.3, 0.4) is 0 Å². The topological polar surface area (TPSA) is 25.8 Å². The molecule has 2 rings (SSSR count). The summed E-state index contributed by atoms with van der Waals surface area (Å²) in [5.41, 5.74) is 1.89. The number of hydrogen-bond donors (Lipinski definition) is 0. The molecule has 0 aliphatic heterocycles. The van der Waals surface area contributed by atoms with Gasteiger partial charge >= 0.3 is 0 Å². The molecule has 0 radical (unpaired) electrons. The Bertz CT molecular complexity index is 389. The molecule has 0 spiro atoms. The van der Waals surface area contributed by atoms with Gasteiger partial charge in [-0.3, -0.25) is 4.98 Å². The van der Waals surface area contributed by atoms with Gasteiger partial charge in [-0.2, -0.15) is 0 Å². The molecule has 2 aromatic heterocycles. The molecular formula is C9H7ClN2. The van der Waals surface area contributed by atoms with Crippen molar-refractivity contribution in [1.29, 1.82) is 0 Å². The first-order valence-corrected chi connectivity index (χ1v) is 4.02. The fraction of sp³-hybridized carbons (Fsp3) is 0.111. The Labute approximate surface area is 75.2 Å². The maximum Gasteiger partial charge on any atom is 0.131 e. The number of aryl methyl sites for hydroxylation is 1. The molecule has 3 heteroatoms. The van der Waals surface area contributed by atoms with E-state index in [0.717, 1.165) is 16.6 Å². The maximum atomic E-state index is 5.72. The zero-order chi connectivity index (χ0) is 8.55. The van der Waals surface area contributed by atoms with Crippen LogP contribution < -0.4 is 0 Å². The third-order valence-corrected chi connectivity index (χ3v) is 1.89. The molecule has 0 aliphatic carbocycles. The van der Waals surface area contributed by atoms with Crippen LogP contribution in [0.5, 0.6) is 0 Å². The molecule has 0 saturated carbocycles. The lowest BCUT2D eigenvalue weighted by Gasteiger charge is -1.97. The second-order valence-corrected chi connectivity index (χ2v) is 3.04. The van der Waals surface area contributed by atoms with E-state index < -0.39 is 0 Å². The Morgan fingerprint density at radius 3 is 3.00 bits per heavy atom. The van der Waals surface area contributed by atoms with Gasteiger partial charge in [-0.25, -0.2) is 4.98 Å². The largest absolute Gasteiger partial charge is 0.253 e. The summed E-state index contributed by atoms with van der Waals surface area (Å²) in [7, 11) is 0. The summed E-state index contributed by atoms with van der Waals surface area (Å²) < 4.78 is 0. The Morgan fingerprint density at radius 2 is 2.17 bits per heavy atom. The lowest BCUT2D eigenvalue weighted by atomic mass is 10.2. The van der Waals surface area contributed by atoms with Gasteiger partial charge in [0.2, 0.25) is 0 Å². The minimum atomic E-state index is 0.487. The second-order valence-electron chi connectivity index (χ2n) is 2.65. The molecule has 0 atom stereocenters. The molecule has 0 aromatic carbocycles. The molecule has 0 bridgehead atoms. The number of hydrogen-bond acceptors (Lipinski definition) is 2. The van der Waals surface area contributed by atoms with E-state index in [4.69, 9.17) is 11.6 Å². The molecule has 0 fully saturated rings. The van der Waals surface area contributed by atoms with Crippen molar-refractivity contribution >= 4 is 22.5 Å². The van der Waals surface area contributed by atoms with E-state index in [9.17, 15) is 0 Å². The number of rotatable bonds is 0. The van der Waals surface area contributed by atoms with Crippen molar-refractivity contribution in [1.82, 2.24) is 9.97 Å². The van der Waals surface area contributed by atoms with Crippen molar-refractivity contribution in [3.05, 3.63) is 35.2 Å². The molecular weight excluding hydrogens is 172 g/mol. The standard InChI is InChI=1S/C9H7ClN2/c1-6-2-3-7-5-11-9(10)4-8(7)12-6/h2-5H,1H3. The van der Waals surface area contributed by atoms with E-state index in [2.05, 4.69) is 9.97 Å². The van der Waals surface area contributed by atoms with Gasteiger partial charge in [-0.1, -0.05) is 11.6 Å². The summed E-state index contributed by atoms with van der Waals surface area (Å²) >= 11 is 5.72. The highest BCUT2D eigenvalue weighted by molar-refractivity contribution is 6.29. The van der Waals surface area contributed by atoms with E-state index in [-0.39, 0.29) is 0 Å². The quantitative estimate of drug-likeness (QED) is 0.580. The summed E-state index contributed by atoms with van der Waals surface area (Å²) in [6, 6.07) is 5.71. The minimum Gasteiger partial charge on any atom is -0.253 e. The highest BCUT2D eigenvalue weighted by atomic mass is 35.5. The van der Waals surface area contributed by atoms with Gasteiger partial charge in [-0.15, -0.1) is 0 Å². The van der Waals surface area contributed by atoms with Crippen molar-refractivity contribution in [2.75, 3.05) is 0 Å². The van der Waals surface area contributed by atoms with Crippen LogP contribution in [0.4, 0.5) is 0 Å². The predicted octanol–water partition coefficient (Wildman–Crippen LogP) is 2.59. The summed E-state index contributed by atoms with van der Waals surface area (Å²) in [6.45, 7) is 1.95.